The van der Waals surface area contributed by atoms with Gasteiger partial charge in [-0.3, -0.25) is 9.59 Å². The predicted octanol–water partition coefficient (Wildman–Crippen LogP) is 2.89. The second-order valence-electron chi connectivity index (χ2n) is 6.64. The lowest BCUT2D eigenvalue weighted by atomic mass is 10.1. The Labute approximate surface area is 154 Å². The van der Waals surface area contributed by atoms with Crippen molar-refractivity contribution in [1.82, 2.24) is 5.32 Å². The van der Waals surface area contributed by atoms with Crippen molar-refractivity contribution in [2.45, 2.75) is 26.2 Å². The molecule has 1 aliphatic rings. The minimum absolute atomic E-state index is 0.434. The van der Waals surface area contributed by atoms with E-state index in [1.54, 1.807) is 6.07 Å². The van der Waals surface area contributed by atoms with Crippen molar-refractivity contribution in [3.63, 3.8) is 0 Å². The van der Waals surface area contributed by atoms with Crippen LogP contribution in [-0.2, 0) is 16.0 Å². The maximum absolute atomic E-state index is 12.0. The van der Waals surface area contributed by atoms with Gasteiger partial charge in [0.25, 0.3) is 0 Å². The largest absolute Gasteiger partial charge is 0.372 e. The molecule has 0 saturated carbocycles. The summed E-state index contributed by atoms with van der Waals surface area (Å²) in [5, 5.41) is 5.32. The molecule has 2 aromatic carbocycles. The minimum atomic E-state index is -0.635. The predicted molar refractivity (Wildman–Crippen MR) is 104 cm³/mol. The molecule has 2 N–H and O–H groups in total. The molecule has 1 aliphatic heterocycles. The van der Waals surface area contributed by atoms with Crippen molar-refractivity contribution >= 4 is 23.2 Å². The summed E-state index contributed by atoms with van der Waals surface area (Å²) in [4.78, 5) is 26.3. The Balaban J connectivity index is 1.44. The normalized spacial score (nSPS) is 13.5. The summed E-state index contributed by atoms with van der Waals surface area (Å²) >= 11 is 0. The molecular formula is C21H25N3O2. The number of nitrogens with zero attached hydrogens (tertiary/aromatic N) is 1. The van der Waals surface area contributed by atoms with Gasteiger partial charge in [-0.25, -0.2) is 0 Å². The summed E-state index contributed by atoms with van der Waals surface area (Å²) in [6.07, 6.45) is 3.22. The Hall–Kier alpha value is -2.82. The van der Waals surface area contributed by atoms with Crippen LogP contribution >= 0.6 is 0 Å². The van der Waals surface area contributed by atoms with Crippen LogP contribution in [0.2, 0.25) is 0 Å². The van der Waals surface area contributed by atoms with Gasteiger partial charge in [0.05, 0.1) is 0 Å². The number of para-hydroxylation sites is 1. The average Bonchev–Trinajstić information content (AvgIpc) is 3.19. The van der Waals surface area contributed by atoms with E-state index in [0.717, 1.165) is 24.2 Å². The molecule has 0 spiro atoms. The van der Waals surface area contributed by atoms with E-state index in [1.807, 2.05) is 25.1 Å². The number of aryl methyl sites for hydroxylation is 1. The molecule has 0 bridgehead atoms. The van der Waals surface area contributed by atoms with Crippen LogP contribution in [0.1, 0.15) is 24.0 Å². The number of hydrogen-bond acceptors (Lipinski definition) is 3. The molecule has 26 heavy (non-hydrogen) atoms. The fraction of sp³-hybridized carbons (Fsp3) is 0.333. The number of carbonyl (C=O) groups excluding carboxylic acids is 2. The third-order valence-electron chi connectivity index (χ3n) is 4.71. The molecular weight excluding hydrogens is 326 g/mol. The lowest BCUT2D eigenvalue weighted by Crippen LogP contribution is -2.36. The van der Waals surface area contributed by atoms with E-state index in [0.29, 0.717) is 18.7 Å². The number of anilines is 2. The van der Waals surface area contributed by atoms with E-state index < -0.39 is 11.8 Å². The van der Waals surface area contributed by atoms with Gasteiger partial charge in [-0.1, -0.05) is 30.3 Å². The van der Waals surface area contributed by atoms with Crippen molar-refractivity contribution in [2.24, 2.45) is 0 Å². The van der Waals surface area contributed by atoms with Crippen molar-refractivity contribution in [3.8, 4) is 0 Å². The van der Waals surface area contributed by atoms with Crippen LogP contribution in [0, 0.1) is 6.92 Å². The van der Waals surface area contributed by atoms with E-state index in [1.165, 1.54) is 18.5 Å². The molecule has 0 atom stereocenters. The van der Waals surface area contributed by atoms with Crippen LogP contribution in [0.15, 0.2) is 48.5 Å². The molecule has 0 radical (unpaired) electrons. The lowest BCUT2D eigenvalue weighted by molar-refractivity contribution is -0.136. The summed E-state index contributed by atoms with van der Waals surface area (Å²) < 4.78 is 0. The highest BCUT2D eigenvalue weighted by Gasteiger charge is 2.14. The van der Waals surface area contributed by atoms with Gasteiger partial charge in [-0.15, -0.1) is 0 Å². The van der Waals surface area contributed by atoms with Crippen molar-refractivity contribution < 1.29 is 9.59 Å². The molecule has 0 aromatic heterocycles. The SMILES string of the molecule is Cc1ccccc1NC(=O)C(=O)NCCc1ccc(N2CCCC2)cc1. The van der Waals surface area contributed by atoms with Crippen LogP contribution < -0.4 is 15.5 Å². The molecule has 136 valence electrons. The van der Waals surface area contributed by atoms with Gasteiger partial charge in [0.2, 0.25) is 0 Å². The van der Waals surface area contributed by atoms with E-state index >= 15 is 0 Å². The Morgan fingerprint density at radius 1 is 0.962 bits per heavy atom. The Bertz CT molecular complexity index is 765. The van der Waals surface area contributed by atoms with E-state index in [9.17, 15) is 9.59 Å². The van der Waals surface area contributed by atoms with Gasteiger partial charge in [0.1, 0.15) is 0 Å². The van der Waals surface area contributed by atoms with Gasteiger partial charge in [-0.05, 0) is 55.5 Å². The maximum atomic E-state index is 12.0. The highest BCUT2D eigenvalue weighted by Crippen LogP contribution is 2.20. The van der Waals surface area contributed by atoms with E-state index in [4.69, 9.17) is 0 Å². The lowest BCUT2D eigenvalue weighted by Gasteiger charge is -2.17. The number of carbonyl (C=O) groups is 2. The summed E-state index contributed by atoms with van der Waals surface area (Å²) in [6, 6.07) is 15.8. The number of amides is 2. The quantitative estimate of drug-likeness (QED) is 0.814. The molecule has 0 aliphatic carbocycles. The van der Waals surface area contributed by atoms with Gasteiger partial charge in [0, 0.05) is 31.0 Å². The number of benzene rings is 2. The van der Waals surface area contributed by atoms with Crippen LogP contribution in [0.3, 0.4) is 0 Å². The molecule has 3 rings (SSSR count). The third-order valence-corrected chi connectivity index (χ3v) is 4.71. The maximum Gasteiger partial charge on any atom is 0.313 e. The van der Waals surface area contributed by atoms with Gasteiger partial charge in [0.15, 0.2) is 0 Å². The van der Waals surface area contributed by atoms with Gasteiger partial charge >= 0.3 is 11.8 Å². The highest BCUT2D eigenvalue weighted by atomic mass is 16.2. The first kappa shape index (κ1) is 18.0. The van der Waals surface area contributed by atoms with Crippen molar-refractivity contribution in [1.29, 1.82) is 0 Å². The monoisotopic (exact) mass is 351 g/mol. The number of nitrogens with one attached hydrogen (secondary N) is 2. The van der Waals surface area contributed by atoms with Crippen molar-refractivity contribution in [2.75, 3.05) is 29.9 Å². The molecule has 0 unspecified atom stereocenters. The first-order chi connectivity index (χ1) is 12.6. The fourth-order valence-electron chi connectivity index (χ4n) is 3.14. The summed E-state index contributed by atoms with van der Waals surface area (Å²) in [6.45, 7) is 4.58. The molecule has 2 amide bonds. The molecule has 5 nitrogen and oxygen atoms in total. The summed E-state index contributed by atoms with van der Waals surface area (Å²) in [5.74, 6) is -1.24. The van der Waals surface area contributed by atoms with Crippen LogP contribution in [0.5, 0.6) is 0 Å². The second-order valence-corrected chi connectivity index (χ2v) is 6.64. The molecule has 1 fully saturated rings. The first-order valence-corrected chi connectivity index (χ1v) is 9.12. The van der Waals surface area contributed by atoms with Crippen molar-refractivity contribution in [3.05, 3.63) is 59.7 Å². The average molecular weight is 351 g/mol. The van der Waals surface area contributed by atoms with E-state index in [-0.39, 0.29) is 0 Å². The fourth-order valence-corrected chi connectivity index (χ4v) is 3.14. The van der Waals surface area contributed by atoms with Crippen LogP contribution in [0.4, 0.5) is 11.4 Å². The third kappa shape index (κ3) is 4.63. The zero-order chi connectivity index (χ0) is 18.4. The molecule has 2 aromatic rings. The zero-order valence-corrected chi connectivity index (χ0v) is 15.1. The second kappa shape index (κ2) is 8.52. The van der Waals surface area contributed by atoms with E-state index in [2.05, 4.69) is 39.8 Å². The van der Waals surface area contributed by atoms with Crippen LogP contribution in [-0.4, -0.2) is 31.4 Å². The standard InChI is InChI=1S/C21H25N3O2/c1-16-6-2-3-7-19(16)23-21(26)20(25)22-13-12-17-8-10-18(11-9-17)24-14-4-5-15-24/h2-3,6-11H,4-5,12-15H2,1H3,(H,22,25)(H,23,26). The number of hydrogen-bond donors (Lipinski definition) is 2. The van der Waals surface area contributed by atoms with Gasteiger partial charge < -0.3 is 15.5 Å². The Morgan fingerprint density at radius 2 is 1.65 bits per heavy atom. The summed E-state index contributed by atoms with van der Waals surface area (Å²) in [7, 11) is 0. The smallest absolute Gasteiger partial charge is 0.313 e. The van der Waals surface area contributed by atoms with Gasteiger partial charge in [-0.2, -0.15) is 0 Å². The van der Waals surface area contributed by atoms with Crippen LogP contribution in [0.25, 0.3) is 0 Å². The molecule has 1 heterocycles. The Kier molecular flexibility index (Phi) is 5.89. The minimum Gasteiger partial charge on any atom is -0.372 e. The zero-order valence-electron chi connectivity index (χ0n) is 15.1. The topological polar surface area (TPSA) is 61.4 Å². The molecule has 1 saturated heterocycles. The number of rotatable bonds is 5. The Morgan fingerprint density at radius 3 is 2.35 bits per heavy atom. The first-order valence-electron chi connectivity index (χ1n) is 9.12. The highest BCUT2D eigenvalue weighted by molar-refractivity contribution is 6.39. The molecule has 5 heteroatoms. The summed E-state index contributed by atoms with van der Waals surface area (Å²) in [5.41, 5.74) is 3.98.